The maximum absolute atomic E-state index is 9.98. The molecule has 0 bridgehead atoms. The molecule has 0 radical (unpaired) electrons. The maximum Gasteiger partial charge on any atom is 0.114 e. The summed E-state index contributed by atoms with van der Waals surface area (Å²) in [6.07, 6.45) is 10.9. The van der Waals surface area contributed by atoms with Gasteiger partial charge < -0.3 is 24.8 Å². The molecule has 3 N–H and O–H groups in total. The van der Waals surface area contributed by atoms with Gasteiger partial charge in [0.05, 0.1) is 13.2 Å². The number of allylic oxidation sites excluding steroid dienone is 2. The van der Waals surface area contributed by atoms with Crippen LogP contribution in [0.2, 0.25) is 0 Å². The van der Waals surface area contributed by atoms with Gasteiger partial charge in [0.1, 0.15) is 24.4 Å². The van der Waals surface area contributed by atoms with Crippen molar-refractivity contribution in [3.05, 3.63) is 12.2 Å². The first-order valence-electron chi connectivity index (χ1n) is 9.05. The molecule has 1 aliphatic rings. The normalized spacial score (nSPS) is 26.2. The highest BCUT2D eigenvalue weighted by molar-refractivity contribution is 4.88. The SMILES string of the molecule is CC/C=C/CCCCCCCCO[C@H]1CO[C@@H]([C@H](O)CO)[C@H]1O. The molecule has 0 amide bonds. The molecule has 0 aliphatic carbocycles. The van der Waals surface area contributed by atoms with Gasteiger partial charge in [0, 0.05) is 6.61 Å². The van der Waals surface area contributed by atoms with Crippen molar-refractivity contribution in [3.63, 3.8) is 0 Å². The molecule has 5 nitrogen and oxygen atoms in total. The Hall–Kier alpha value is -0.460. The number of hydrogen-bond acceptors (Lipinski definition) is 5. The minimum atomic E-state index is -1.05. The van der Waals surface area contributed by atoms with Gasteiger partial charge in [-0.05, 0) is 25.7 Å². The Balaban J connectivity index is 1.94. The molecule has 1 rings (SSSR count). The molecule has 23 heavy (non-hydrogen) atoms. The van der Waals surface area contributed by atoms with Crippen LogP contribution in [-0.2, 0) is 9.47 Å². The van der Waals surface area contributed by atoms with E-state index in [1.54, 1.807) is 0 Å². The van der Waals surface area contributed by atoms with Crippen LogP contribution in [0.15, 0.2) is 12.2 Å². The van der Waals surface area contributed by atoms with Crippen LogP contribution in [-0.4, -0.2) is 59.6 Å². The summed E-state index contributed by atoms with van der Waals surface area (Å²) in [6, 6.07) is 0. The molecule has 0 aromatic carbocycles. The minimum Gasteiger partial charge on any atom is -0.394 e. The van der Waals surface area contributed by atoms with Crippen LogP contribution in [0, 0.1) is 0 Å². The maximum atomic E-state index is 9.98. The Morgan fingerprint density at radius 3 is 2.52 bits per heavy atom. The lowest BCUT2D eigenvalue weighted by Crippen LogP contribution is -2.41. The van der Waals surface area contributed by atoms with E-state index in [1.165, 1.54) is 32.1 Å². The second-order valence-corrected chi connectivity index (χ2v) is 6.24. The Morgan fingerprint density at radius 1 is 1.13 bits per heavy atom. The fraction of sp³-hybridized carbons (Fsp3) is 0.889. The zero-order chi connectivity index (χ0) is 16.9. The third-order valence-electron chi connectivity index (χ3n) is 4.24. The summed E-state index contributed by atoms with van der Waals surface area (Å²) in [4.78, 5) is 0. The molecule has 1 aliphatic heterocycles. The summed E-state index contributed by atoms with van der Waals surface area (Å²) in [5.41, 5.74) is 0. The molecular formula is C18H34O5. The van der Waals surface area contributed by atoms with Gasteiger partial charge >= 0.3 is 0 Å². The molecule has 0 aromatic rings. The Kier molecular flexibility index (Phi) is 11.5. The second kappa shape index (κ2) is 12.9. The van der Waals surface area contributed by atoms with Gasteiger partial charge in [-0.2, -0.15) is 0 Å². The number of ether oxygens (including phenoxy) is 2. The average Bonchev–Trinajstić information content (AvgIpc) is 2.93. The van der Waals surface area contributed by atoms with E-state index in [2.05, 4.69) is 19.1 Å². The van der Waals surface area contributed by atoms with Crippen LogP contribution in [0.25, 0.3) is 0 Å². The molecule has 5 heteroatoms. The Morgan fingerprint density at radius 2 is 1.83 bits per heavy atom. The van der Waals surface area contributed by atoms with E-state index in [0.29, 0.717) is 6.61 Å². The van der Waals surface area contributed by atoms with Crippen LogP contribution in [0.4, 0.5) is 0 Å². The highest BCUT2D eigenvalue weighted by Crippen LogP contribution is 2.20. The van der Waals surface area contributed by atoms with Crippen LogP contribution in [0.5, 0.6) is 0 Å². The van der Waals surface area contributed by atoms with Crippen LogP contribution >= 0.6 is 0 Å². The third-order valence-corrected chi connectivity index (χ3v) is 4.24. The Labute approximate surface area is 140 Å². The summed E-state index contributed by atoms with van der Waals surface area (Å²) in [7, 11) is 0. The minimum absolute atomic E-state index is 0.272. The topological polar surface area (TPSA) is 79.2 Å². The van der Waals surface area contributed by atoms with E-state index in [1.807, 2.05) is 0 Å². The molecule has 1 fully saturated rings. The first-order chi connectivity index (χ1) is 11.2. The van der Waals surface area contributed by atoms with Crippen molar-refractivity contribution in [3.8, 4) is 0 Å². The van der Waals surface area contributed by atoms with E-state index in [4.69, 9.17) is 14.6 Å². The highest BCUT2D eigenvalue weighted by atomic mass is 16.6. The lowest BCUT2D eigenvalue weighted by Gasteiger charge is -2.20. The van der Waals surface area contributed by atoms with Gasteiger partial charge in [-0.3, -0.25) is 0 Å². The Bertz CT molecular complexity index is 308. The molecule has 0 aromatic heterocycles. The summed E-state index contributed by atoms with van der Waals surface area (Å²) in [6.45, 7) is 2.62. The van der Waals surface area contributed by atoms with Crippen molar-refractivity contribution in [2.75, 3.05) is 19.8 Å². The van der Waals surface area contributed by atoms with Gasteiger partial charge in [0.2, 0.25) is 0 Å². The average molecular weight is 330 g/mol. The van der Waals surface area contributed by atoms with Crippen LogP contribution in [0.1, 0.15) is 58.3 Å². The van der Waals surface area contributed by atoms with E-state index in [9.17, 15) is 10.2 Å². The van der Waals surface area contributed by atoms with Crippen molar-refractivity contribution in [2.24, 2.45) is 0 Å². The smallest absolute Gasteiger partial charge is 0.114 e. The quantitative estimate of drug-likeness (QED) is 0.356. The molecule has 4 atom stereocenters. The fourth-order valence-electron chi connectivity index (χ4n) is 2.79. The third kappa shape index (κ3) is 8.27. The van der Waals surface area contributed by atoms with Crippen LogP contribution in [0.3, 0.4) is 0 Å². The van der Waals surface area contributed by atoms with Gasteiger partial charge in [-0.1, -0.05) is 44.8 Å². The molecular weight excluding hydrogens is 296 g/mol. The molecule has 0 unspecified atom stereocenters. The van der Waals surface area contributed by atoms with E-state index < -0.39 is 31.0 Å². The van der Waals surface area contributed by atoms with Gasteiger partial charge in [-0.25, -0.2) is 0 Å². The van der Waals surface area contributed by atoms with E-state index >= 15 is 0 Å². The number of rotatable bonds is 13. The summed E-state index contributed by atoms with van der Waals surface area (Å²) in [5, 5.41) is 28.4. The number of aliphatic hydroxyl groups excluding tert-OH is 3. The predicted octanol–water partition coefficient (Wildman–Crippen LogP) is 2.18. The van der Waals surface area contributed by atoms with E-state index in [-0.39, 0.29) is 6.61 Å². The van der Waals surface area contributed by atoms with Gasteiger partial charge in [0.25, 0.3) is 0 Å². The lowest BCUT2D eigenvalue weighted by molar-refractivity contribution is -0.0730. The van der Waals surface area contributed by atoms with Crippen molar-refractivity contribution < 1.29 is 24.8 Å². The highest BCUT2D eigenvalue weighted by Gasteiger charge is 2.40. The van der Waals surface area contributed by atoms with E-state index in [0.717, 1.165) is 19.3 Å². The largest absolute Gasteiger partial charge is 0.394 e. The van der Waals surface area contributed by atoms with Crippen LogP contribution < -0.4 is 0 Å². The molecule has 1 saturated heterocycles. The molecule has 0 spiro atoms. The lowest BCUT2D eigenvalue weighted by atomic mass is 10.1. The first kappa shape index (κ1) is 20.6. The summed E-state index contributed by atoms with van der Waals surface area (Å²) < 4.78 is 10.9. The monoisotopic (exact) mass is 330 g/mol. The van der Waals surface area contributed by atoms with Crippen molar-refractivity contribution in [1.82, 2.24) is 0 Å². The predicted molar refractivity (Wildman–Crippen MR) is 90.3 cm³/mol. The van der Waals surface area contributed by atoms with Crippen molar-refractivity contribution in [2.45, 2.75) is 82.7 Å². The first-order valence-corrected chi connectivity index (χ1v) is 9.05. The zero-order valence-corrected chi connectivity index (χ0v) is 14.4. The fourth-order valence-corrected chi connectivity index (χ4v) is 2.79. The summed E-state index contributed by atoms with van der Waals surface area (Å²) >= 11 is 0. The standard InChI is InChI=1S/C18H34O5/c1-2-3-4-5-6-7-8-9-10-11-12-22-16-14-23-18(17(16)21)15(20)13-19/h3-4,15-21H,2,5-14H2,1H3/b4-3+/t15-,16+,17+,18+/m1/s1. The number of hydrogen-bond donors (Lipinski definition) is 3. The molecule has 0 saturated carbocycles. The molecule has 136 valence electrons. The van der Waals surface area contributed by atoms with Crippen molar-refractivity contribution in [1.29, 1.82) is 0 Å². The zero-order valence-electron chi connectivity index (χ0n) is 14.4. The van der Waals surface area contributed by atoms with Gasteiger partial charge in [0.15, 0.2) is 0 Å². The number of unbranched alkanes of at least 4 members (excludes halogenated alkanes) is 6. The number of aliphatic hydroxyl groups is 3. The second-order valence-electron chi connectivity index (χ2n) is 6.24. The molecule has 1 heterocycles. The van der Waals surface area contributed by atoms with Gasteiger partial charge in [-0.15, -0.1) is 0 Å². The summed E-state index contributed by atoms with van der Waals surface area (Å²) in [5.74, 6) is 0. The van der Waals surface area contributed by atoms with Crippen molar-refractivity contribution >= 4 is 0 Å².